The lowest BCUT2D eigenvalue weighted by Gasteiger charge is -2.02. The molecule has 1 nitrogen and oxygen atoms in total. The topological polar surface area (TPSA) is 17.1 Å². The number of carbonyl (C=O) groups excluding carboxylic acids is 1. The predicted molar refractivity (Wildman–Crippen MR) is 61.6 cm³/mol. The van der Waals surface area contributed by atoms with E-state index in [1.807, 2.05) is 31.4 Å². The standard InChI is InChI=1S/C10H11BrOS/c1-7-5-8(3-4-9(7)11)10(12)6-13-2/h3-5H,6H2,1-2H3. The number of hydrogen-bond donors (Lipinski definition) is 0. The van der Waals surface area contributed by atoms with Gasteiger partial charge in [0.1, 0.15) is 0 Å². The zero-order valence-corrected chi connectivity index (χ0v) is 10.0. The first kappa shape index (κ1) is 10.8. The Morgan fingerprint density at radius 3 is 2.77 bits per heavy atom. The number of halogens is 1. The van der Waals surface area contributed by atoms with Crippen LogP contribution in [0.1, 0.15) is 15.9 Å². The number of thioether (sulfide) groups is 1. The van der Waals surface area contributed by atoms with Gasteiger partial charge >= 0.3 is 0 Å². The van der Waals surface area contributed by atoms with E-state index in [4.69, 9.17) is 0 Å². The quantitative estimate of drug-likeness (QED) is 0.775. The fraction of sp³-hybridized carbons (Fsp3) is 0.300. The molecule has 0 aromatic heterocycles. The monoisotopic (exact) mass is 258 g/mol. The van der Waals surface area contributed by atoms with Crippen LogP contribution in [-0.2, 0) is 0 Å². The van der Waals surface area contributed by atoms with E-state index in [0.717, 1.165) is 15.6 Å². The Labute approximate surface area is 91.0 Å². The third-order valence-corrected chi connectivity index (χ3v) is 3.20. The van der Waals surface area contributed by atoms with Gasteiger partial charge in [0.05, 0.1) is 5.75 Å². The van der Waals surface area contributed by atoms with Gasteiger partial charge < -0.3 is 0 Å². The lowest BCUT2D eigenvalue weighted by Crippen LogP contribution is -2.02. The molecule has 0 atom stereocenters. The molecule has 1 aromatic carbocycles. The molecule has 0 fully saturated rings. The number of ketones is 1. The van der Waals surface area contributed by atoms with Crippen molar-refractivity contribution in [3.8, 4) is 0 Å². The molecule has 1 aromatic rings. The molecule has 0 radical (unpaired) electrons. The minimum atomic E-state index is 0.197. The van der Waals surface area contributed by atoms with Crippen molar-refractivity contribution in [2.75, 3.05) is 12.0 Å². The van der Waals surface area contributed by atoms with E-state index in [2.05, 4.69) is 15.9 Å². The summed E-state index contributed by atoms with van der Waals surface area (Å²) in [4.78, 5) is 11.5. The van der Waals surface area contributed by atoms with E-state index >= 15 is 0 Å². The van der Waals surface area contributed by atoms with E-state index in [0.29, 0.717) is 5.75 Å². The highest BCUT2D eigenvalue weighted by molar-refractivity contribution is 9.10. The minimum Gasteiger partial charge on any atom is -0.293 e. The summed E-state index contributed by atoms with van der Waals surface area (Å²) in [5.74, 6) is 0.754. The molecule has 1 rings (SSSR count). The van der Waals surface area contributed by atoms with Crippen molar-refractivity contribution in [1.82, 2.24) is 0 Å². The fourth-order valence-corrected chi connectivity index (χ4v) is 1.71. The largest absolute Gasteiger partial charge is 0.293 e. The maximum Gasteiger partial charge on any atom is 0.172 e. The highest BCUT2D eigenvalue weighted by Crippen LogP contribution is 2.17. The summed E-state index contributed by atoms with van der Waals surface area (Å²) in [6, 6.07) is 5.70. The van der Waals surface area contributed by atoms with Crippen molar-refractivity contribution in [3.05, 3.63) is 33.8 Å². The third kappa shape index (κ3) is 2.85. The Bertz CT molecular complexity index is 323. The Morgan fingerprint density at radius 1 is 1.54 bits per heavy atom. The molecule has 0 saturated carbocycles. The molecule has 0 N–H and O–H groups in total. The molecule has 0 amide bonds. The summed E-state index contributed by atoms with van der Waals surface area (Å²) >= 11 is 4.95. The Balaban J connectivity index is 2.90. The number of aryl methyl sites for hydroxylation is 1. The number of rotatable bonds is 3. The average molecular weight is 259 g/mol. The van der Waals surface area contributed by atoms with E-state index in [-0.39, 0.29) is 5.78 Å². The zero-order chi connectivity index (χ0) is 9.84. The maximum absolute atomic E-state index is 11.5. The summed E-state index contributed by atoms with van der Waals surface area (Å²) in [7, 11) is 0. The summed E-state index contributed by atoms with van der Waals surface area (Å²) in [6.45, 7) is 1.99. The van der Waals surface area contributed by atoms with Crippen molar-refractivity contribution in [1.29, 1.82) is 0 Å². The van der Waals surface area contributed by atoms with Crippen molar-refractivity contribution >= 4 is 33.5 Å². The SMILES string of the molecule is CSCC(=O)c1ccc(Br)c(C)c1. The highest BCUT2D eigenvalue weighted by atomic mass is 79.9. The van der Waals surface area contributed by atoms with Gasteiger partial charge in [0.25, 0.3) is 0 Å². The van der Waals surface area contributed by atoms with Gasteiger partial charge in [0.2, 0.25) is 0 Å². The van der Waals surface area contributed by atoms with Gasteiger partial charge in [0, 0.05) is 10.0 Å². The lowest BCUT2D eigenvalue weighted by atomic mass is 10.1. The van der Waals surface area contributed by atoms with Crippen LogP contribution in [0.3, 0.4) is 0 Å². The summed E-state index contributed by atoms with van der Waals surface area (Å²) in [5.41, 5.74) is 1.90. The summed E-state index contributed by atoms with van der Waals surface area (Å²) in [6.07, 6.45) is 1.93. The van der Waals surface area contributed by atoms with E-state index in [1.165, 1.54) is 0 Å². The first-order valence-corrected chi connectivity index (χ1v) is 6.12. The molecular weight excluding hydrogens is 248 g/mol. The molecular formula is C10H11BrOS. The van der Waals surface area contributed by atoms with E-state index < -0.39 is 0 Å². The Morgan fingerprint density at radius 2 is 2.23 bits per heavy atom. The van der Waals surface area contributed by atoms with Gasteiger partial charge in [-0.15, -0.1) is 0 Å². The van der Waals surface area contributed by atoms with E-state index in [1.54, 1.807) is 11.8 Å². The predicted octanol–water partition coefficient (Wildman–Crippen LogP) is 3.30. The molecule has 0 aliphatic rings. The molecule has 3 heteroatoms. The van der Waals surface area contributed by atoms with E-state index in [9.17, 15) is 4.79 Å². The third-order valence-electron chi connectivity index (χ3n) is 1.76. The van der Waals surface area contributed by atoms with Crippen LogP contribution < -0.4 is 0 Å². The average Bonchev–Trinajstić information content (AvgIpc) is 2.10. The van der Waals surface area contributed by atoms with Gasteiger partial charge in [-0.1, -0.05) is 22.0 Å². The number of Topliss-reactive ketones (excluding diaryl/α,β-unsaturated/α-hetero) is 1. The number of hydrogen-bond acceptors (Lipinski definition) is 2. The first-order chi connectivity index (χ1) is 6.15. The van der Waals surface area contributed by atoms with Crippen molar-refractivity contribution in [2.24, 2.45) is 0 Å². The van der Waals surface area contributed by atoms with Crippen LogP contribution in [0.5, 0.6) is 0 Å². The molecule has 0 saturated heterocycles. The Kier molecular flexibility index (Phi) is 4.00. The van der Waals surface area contributed by atoms with Gasteiger partial charge in [-0.25, -0.2) is 0 Å². The van der Waals surface area contributed by atoms with Crippen LogP contribution in [0.4, 0.5) is 0 Å². The maximum atomic E-state index is 11.5. The van der Waals surface area contributed by atoms with Crippen LogP contribution in [0.25, 0.3) is 0 Å². The second-order valence-corrected chi connectivity index (χ2v) is 4.54. The second-order valence-electron chi connectivity index (χ2n) is 2.82. The zero-order valence-electron chi connectivity index (χ0n) is 7.63. The normalized spacial score (nSPS) is 10.1. The summed E-state index contributed by atoms with van der Waals surface area (Å²) in [5, 5.41) is 0. The molecule has 0 unspecified atom stereocenters. The molecule has 0 bridgehead atoms. The van der Waals surface area contributed by atoms with Gasteiger partial charge in [-0.3, -0.25) is 4.79 Å². The first-order valence-electron chi connectivity index (χ1n) is 3.93. The summed E-state index contributed by atoms with van der Waals surface area (Å²) < 4.78 is 1.05. The van der Waals surface area contributed by atoms with Crippen LogP contribution in [0.15, 0.2) is 22.7 Å². The highest BCUT2D eigenvalue weighted by Gasteiger charge is 2.05. The van der Waals surface area contributed by atoms with Crippen LogP contribution in [0, 0.1) is 6.92 Å². The fourth-order valence-electron chi connectivity index (χ4n) is 1.03. The van der Waals surface area contributed by atoms with Crippen LogP contribution >= 0.6 is 27.7 Å². The van der Waals surface area contributed by atoms with Crippen molar-refractivity contribution in [3.63, 3.8) is 0 Å². The van der Waals surface area contributed by atoms with Gasteiger partial charge in [-0.05, 0) is 30.9 Å². The second kappa shape index (κ2) is 4.82. The van der Waals surface area contributed by atoms with Gasteiger partial charge in [0.15, 0.2) is 5.78 Å². The Hall–Kier alpha value is -0.280. The molecule has 0 aliphatic heterocycles. The molecule has 0 spiro atoms. The van der Waals surface area contributed by atoms with Crippen LogP contribution in [-0.4, -0.2) is 17.8 Å². The molecule has 0 heterocycles. The minimum absolute atomic E-state index is 0.197. The molecule has 0 aliphatic carbocycles. The smallest absolute Gasteiger partial charge is 0.172 e. The van der Waals surface area contributed by atoms with Gasteiger partial charge in [-0.2, -0.15) is 11.8 Å². The van der Waals surface area contributed by atoms with Crippen molar-refractivity contribution in [2.45, 2.75) is 6.92 Å². The number of benzene rings is 1. The molecule has 70 valence electrons. The molecule has 13 heavy (non-hydrogen) atoms. The van der Waals surface area contributed by atoms with Crippen molar-refractivity contribution < 1.29 is 4.79 Å². The lowest BCUT2D eigenvalue weighted by molar-refractivity contribution is 0.102. The van der Waals surface area contributed by atoms with Crippen LogP contribution in [0.2, 0.25) is 0 Å². The number of carbonyl (C=O) groups is 1.